The first kappa shape index (κ1) is 28.0. The van der Waals surface area contributed by atoms with Crippen molar-refractivity contribution < 1.29 is 22.7 Å². The van der Waals surface area contributed by atoms with Gasteiger partial charge in [-0.15, -0.1) is 0 Å². The molecule has 0 fully saturated rings. The average molecular weight is 544 g/mol. The number of carbonyl (C=O) groups is 2. The number of likely N-dealkylation sites (N-methyl/N-ethyl adjacent to an activating group) is 1. The van der Waals surface area contributed by atoms with Crippen LogP contribution >= 0.6 is 11.6 Å². The molecular formula is C27H30ClN3O5S. The second-order valence-electron chi connectivity index (χ2n) is 8.44. The highest BCUT2D eigenvalue weighted by Gasteiger charge is 2.32. The molecule has 0 aliphatic carbocycles. The van der Waals surface area contributed by atoms with Gasteiger partial charge < -0.3 is 15.0 Å². The molecule has 10 heteroatoms. The van der Waals surface area contributed by atoms with Crippen LogP contribution in [0.2, 0.25) is 5.02 Å². The fourth-order valence-electron chi connectivity index (χ4n) is 3.86. The van der Waals surface area contributed by atoms with Crippen LogP contribution in [0.3, 0.4) is 0 Å². The minimum atomic E-state index is -4.16. The predicted octanol–water partition coefficient (Wildman–Crippen LogP) is 4.02. The molecule has 3 rings (SSSR count). The summed E-state index contributed by atoms with van der Waals surface area (Å²) in [6, 6.07) is 19.0. The molecule has 2 amide bonds. The number of methoxy groups -OCH3 is 1. The maximum Gasteiger partial charge on any atom is 0.264 e. The van der Waals surface area contributed by atoms with Crippen LogP contribution in [0.15, 0.2) is 77.7 Å². The van der Waals surface area contributed by atoms with Gasteiger partial charge in [-0.1, -0.05) is 59.6 Å². The largest absolute Gasteiger partial charge is 0.495 e. The molecule has 0 unspecified atom stereocenters. The van der Waals surface area contributed by atoms with Crippen LogP contribution in [0.25, 0.3) is 0 Å². The van der Waals surface area contributed by atoms with Crippen molar-refractivity contribution in [1.29, 1.82) is 0 Å². The van der Waals surface area contributed by atoms with Gasteiger partial charge in [0.05, 0.1) is 22.7 Å². The predicted molar refractivity (Wildman–Crippen MR) is 144 cm³/mol. The van der Waals surface area contributed by atoms with E-state index in [1.165, 1.54) is 49.4 Å². The molecule has 0 aliphatic heterocycles. The zero-order valence-corrected chi connectivity index (χ0v) is 22.7. The molecule has 3 aromatic rings. The van der Waals surface area contributed by atoms with Crippen LogP contribution in [0.1, 0.15) is 18.1 Å². The molecule has 1 atom stereocenters. The summed E-state index contributed by atoms with van der Waals surface area (Å²) in [5.74, 6) is -0.557. The molecule has 0 radical (unpaired) electrons. The lowest BCUT2D eigenvalue weighted by molar-refractivity contribution is -0.139. The summed E-state index contributed by atoms with van der Waals surface area (Å²) >= 11 is 6.31. The number of nitrogens with zero attached hydrogens (tertiary/aromatic N) is 2. The van der Waals surface area contributed by atoms with Crippen molar-refractivity contribution in [2.75, 3.05) is 25.0 Å². The summed E-state index contributed by atoms with van der Waals surface area (Å²) in [6.07, 6.45) is 0. The Labute approximate surface area is 222 Å². The highest BCUT2D eigenvalue weighted by atomic mass is 35.5. The monoisotopic (exact) mass is 543 g/mol. The van der Waals surface area contributed by atoms with Crippen molar-refractivity contribution in [2.24, 2.45) is 0 Å². The number of rotatable bonds is 10. The highest BCUT2D eigenvalue weighted by molar-refractivity contribution is 7.92. The first-order valence-electron chi connectivity index (χ1n) is 11.6. The lowest BCUT2D eigenvalue weighted by Gasteiger charge is -2.32. The van der Waals surface area contributed by atoms with Crippen LogP contribution in [0, 0.1) is 6.92 Å². The third-order valence-corrected chi connectivity index (χ3v) is 7.97. The molecule has 1 N–H and O–H groups in total. The number of carbonyl (C=O) groups excluding carboxylic acids is 2. The molecule has 0 saturated heterocycles. The fourth-order valence-corrected chi connectivity index (χ4v) is 5.54. The third-order valence-electron chi connectivity index (χ3n) is 5.88. The Balaban J connectivity index is 2.06. The van der Waals surface area contributed by atoms with E-state index in [0.717, 1.165) is 15.4 Å². The second-order valence-corrected chi connectivity index (χ2v) is 10.7. The van der Waals surface area contributed by atoms with Crippen molar-refractivity contribution in [3.63, 3.8) is 0 Å². The Kier molecular flexibility index (Phi) is 9.18. The molecular weight excluding hydrogens is 514 g/mol. The average Bonchev–Trinajstić information content (AvgIpc) is 2.89. The maximum atomic E-state index is 13.7. The van der Waals surface area contributed by atoms with Crippen molar-refractivity contribution >= 4 is 39.1 Å². The number of aryl methyl sites for hydroxylation is 1. The van der Waals surface area contributed by atoms with E-state index in [9.17, 15) is 18.0 Å². The molecule has 0 aromatic heterocycles. The Hall–Kier alpha value is -3.56. The van der Waals surface area contributed by atoms with E-state index < -0.39 is 28.5 Å². The van der Waals surface area contributed by atoms with Gasteiger partial charge >= 0.3 is 0 Å². The Bertz CT molecular complexity index is 1370. The van der Waals surface area contributed by atoms with E-state index in [2.05, 4.69) is 5.32 Å². The summed E-state index contributed by atoms with van der Waals surface area (Å²) in [5.41, 5.74) is 2.00. The minimum absolute atomic E-state index is 0.0133. The van der Waals surface area contributed by atoms with E-state index in [1.807, 2.05) is 31.2 Å². The number of halogens is 1. The Morgan fingerprint density at radius 1 is 1.03 bits per heavy atom. The summed E-state index contributed by atoms with van der Waals surface area (Å²) in [6.45, 7) is 3.11. The van der Waals surface area contributed by atoms with Gasteiger partial charge in [0, 0.05) is 13.6 Å². The topological polar surface area (TPSA) is 96.0 Å². The molecule has 8 nitrogen and oxygen atoms in total. The molecule has 0 bridgehead atoms. The Morgan fingerprint density at radius 3 is 2.32 bits per heavy atom. The molecule has 0 heterocycles. The van der Waals surface area contributed by atoms with E-state index in [4.69, 9.17) is 16.3 Å². The first-order chi connectivity index (χ1) is 17.6. The second kappa shape index (κ2) is 12.1. The molecule has 0 aliphatic rings. The number of benzene rings is 3. The van der Waals surface area contributed by atoms with Gasteiger partial charge in [-0.25, -0.2) is 8.42 Å². The smallest absolute Gasteiger partial charge is 0.264 e. The van der Waals surface area contributed by atoms with Crippen molar-refractivity contribution in [3.8, 4) is 5.75 Å². The summed E-state index contributed by atoms with van der Waals surface area (Å²) in [5, 5.41) is 2.75. The minimum Gasteiger partial charge on any atom is -0.495 e. The third kappa shape index (κ3) is 6.61. The van der Waals surface area contributed by atoms with Gasteiger partial charge in [-0.2, -0.15) is 0 Å². The van der Waals surface area contributed by atoms with Crippen molar-refractivity contribution in [1.82, 2.24) is 10.2 Å². The van der Waals surface area contributed by atoms with E-state index in [-0.39, 0.29) is 28.1 Å². The lowest BCUT2D eigenvalue weighted by Crippen LogP contribution is -2.50. The van der Waals surface area contributed by atoms with Crippen LogP contribution in [-0.4, -0.2) is 51.9 Å². The van der Waals surface area contributed by atoms with Crippen LogP contribution in [-0.2, 0) is 26.2 Å². The van der Waals surface area contributed by atoms with Gasteiger partial charge in [-0.3, -0.25) is 13.9 Å². The maximum absolute atomic E-state index is 13.7. The molecule has 3 aromatic carbocycles. The normalized spacial score (nSPS) is 11.9. The van der Waals surface area contributed by atoms with Gasteiger partial charge in [0.15, 0.2) is 0 Å². The number of amides is 2. The van der Waals surface area contributed by atoms with Crippen LogP contribution < -0.4 is 14.4 Å². The standard InChI is InChI=1S/C27H30ClN3O5S/c1-19-9-8-10-21(15-19)17-30(20(2)27(33)29-3)26(32)18-31(22-13-14-25(36-4)24(28)16-22)37(34,35)23-11-6-5-7-12-23/h5-16,20H,17-18H2,1-4H3,(H,29,33)/t20-/m0/s1. The quantitative estimate of drug-likeness (QED) is 0.417. The zero-order chi connectivity index (χ0) is 27.2. The summed E-state index contributed by atoms with van der Waals surface area (Å²) in [4.78, 5) is 27.7. The molecule has 0 spiro atoms. The van der Waals surface area contributed by atoms with Gasteiger partial charge in [0.2, 0.25) is 11.8 Å². The number of nitrogens with one attached hydrogen (secondary N) is 1. The van der Waals surface area contributed by atoms with Crippen LogP contribution in [0.5, 0.6) is 5.75 Å². The molecule has 196 valence electrons. The van der Waals surface area contributed by atoms with Gasteiger partial charge in [0.1, 0.15) is 18.3 Å². The zero-order valence-electron chi connectivity index (χ0n) is 21.1. The van der Waals surface area contributed by atoms with E-state index in [0.29, 0.717) is 5.75 Å². The van der Waals surface area contributed by atoms with Crippen LogP contribution in [0.4, 0.5) is 5.69 Å². The summed E-state index contributed by atoms with van der Waals surface area (Å²) in [7, 11) is -1.23. The SMILES string of the molecule is CNC(=O)[C@H](C)N(Cc1cccc(C)c1)C(=O)CN(c1ccc(OC)c(Cl)c1)S(=O)(=O)c1ccccc1. The fraction of sp³-hybridized carbons (Fsp3) is 0.259. The van der Waals surface area contributed by atoms with Gasteiger partial charge in [0.25, 0.3) is 10.0 Å². The van der Waals surface area contributed by atoms with Gasteiger partial charge in [-0.05, 0) is 49.7 Å². The van der Waals surface area contributed by atoms with E-state index in [1.54, 1.807) is 25.1 Å². The lowest BCUT2D eigenvalue weighted by atomic mass is 10.1. The Morgan fingerprint density at radius 2 is 1.73 bits per heavy atom. The number of sulfonamides is 1. The highest BCUT2D eigenvalue weighted by Crippen LogP contribution is 2.32. The number of anilines is 1. The number of ether oxygens (including phenoxy) is 1. The van der Waals surface area contributed by atoms with Crippen molar-refractivity contribution in [3.05, 3.63) is 88.9 Å². The molecule has 37 heavy (non-hydrogen) atoms. The first-order valence-corrected chi connectivity index (χ1v) is 13.4. The number of hydrogen-bond donors (Lipinski definition) is 1. The number of hydrogen-bond acceptors (Lipinski definition) is 5. The van der Waals surface area contributed by atoms with Crippen molar-refractivity contribution in [2.45, 2.75) is 31.3 Å². The summed E-state index contributed by atoms with van der Waals surface area (Å²) < 4.78 is 33.6. The van der Waals surface area contributed by atoms with E-state index >= 15 is 0 Å². The molecule has 0 saturated carbocycles.